The minimum atomic E-state index is 0.687. The third-order valence-electron chi connectivity index (χ3n) is 3.72. The van der Waals surface area contributed by atoms with Gasteiger partial charge in [-0.05, 0) is 43.9 Å². The Morgan fingerprint density at radius 2 is 1.96 bits per heavy atom. The summed E-state index contributed by atoms with van der Waals surface area (Å²) < 4.78 is 7.91. The monoisotopic (exact) mass is 343 g/mol. The Kier molecular flexibility index (Phi) is 7.85. The topological polar surface area (TPSA) is 53.8 Å². The maximum atomic E-state index is 5.78. The van der Waals surface area contributed by atoms with Gasteiger partial charge in [0.15, 0.2) is 5.96 Å². The van der Waals surface area contributed by atoms with Gasteiger partial charge in [0.25, 0.3) is 0 Å². The average molecular weight is 343 g/mol. The molecule has 136 valence electrons. The lowest BCUT2D eigenvalue weighted by molar-refractivity contribution is 0.261. The summed E-state index contributed by atoms with van der Waals surface area (Å²) in [6, 6.07) is 12.2. The lowest BCUT2D eigenvalue weighted by Crippen LogP contribution is -2.38. The van der Waals surface area contributed by atoms with E-state index in [0.717, 1.165) is 36.9 Å². The van der Waals surface area contributed by atoms with Gasteiger partial charge in [0.1, 0.15) is 12.4 Å². The highest BCUT2D eigenvalue weighted by Crippen LogP contribution is 2.13. The number of ether oxygens (including phenoxy) is 1. The summed E-state index contributed by atoms with van der Waals surface area (Å²) in [5.74, 6) is 1.70. The number of nitrogens with zero attached hydrogens (tertiary/aromatic N) is 3. The Bertz CT molecular complexity index is 637. The summed E-state index contributed by atoms with van der Waals surface area (Å²) in [5, 5.41) is 6.65. The molecule has 1 aromatic heterocycles. The molecule has 0 fully saturated rings. The average Bonchev–Trinajstić information content (AvgIpc) is 3.11. The van der Waals surface area contributed by atoms with Gasteiger partial charge in [-0.15, -0.1) is 0 Å². The van der Waals surface area contributed by atoms with E-state index >= 15 is 0 Å². The molecule has 25 heavy (non-hydrogen) atoms. The third-order valence-corrected chi connectivity index (χ3v) is 3.72. The second kappa shape index (κ2) is 10.4. The smallest absolute Gasteiger partial charge is 0.191 e. The molecule has 0 aliphatic rings. The van der Waals surface area contributed by atoms with E-state index in [9.17, 15) is 0 Å². The summed E-state index contributed by atoms with van der Waals surface area (Å²) in [6.45, 7) is 4.02. The van der Waals surface area contributed by atoms with E-state index in [4.69, 9.17) is 4.74 Å². The van der Waals surface area contributed by atoms with E-state index in [-0.39, 0.29) is 0 Å². The molecule has 1 aromatic carbocycles. The number of aromatic nitrogens is 1. The van der Waals surface area contributed by atoms with E-state index in [1.165, 1.54) is 0 Å². The lowest BCUT2D eigenvalue weighted by Gasteiger charge is -2.14. The number of rotatable bonds is 9. The van der Waals surface area contributed by atoms with Crippen LogP contribution in [0.2, 0.25) is 0 Å². The lowest BCUT2D eigenvalue weighted by atomic mass is 10.2. The van der Waals surface area contributed by atoms with Gasteiger partial charge in [-0.2, -0.15) is 0 Å². The summed E-state index contributed by atoms with van der Waals surface area (Å²) in [6.07, 6.45) is 4.11. The van der Waals surface area contributed by atoms with Gasteiger partial charge in [0.05, 0.1) is 0 Å². The van der Waals surface area contributed by atoms with Crippen molar-refractivity contribution in [3.05, 3.63) is 54.4 Å². The van der Waals surface area contributed by atoms with E-state index in [2.05, 4.69) is 49.6 Å². The fraction of sp³-hybridized carbons (Fsp3) is 0.421. The Morgan fingerprint density at radius 3 is 2.68 bits per heavy atom. The van der Waals surface area contributed by atoms with Crippen LogP contribution in [0.5, 0.6) is 5.75 Å². The second-order valence-corrected chi connectivity index (χ2v) is 6.07. The zero-order valence-corrected chi connectivity index (χ0v) is 15.4. The maximum absolute atomic E-state index is 5.78. The van der Waals surface area contributed by atoms with Gasteiger partial charge in [0.2, 0.25) is 0 Å². The molecule has 0 amide bonds. The Balaban J connectivity index is 1.74. The van der Waals surface area contributed by atoms with E-state index in [0.29, 0.717) is 13.2 Å². The van der Waals surface area contributed by atoms with Gasteiger partial charge in [-0.3, -0.25) is 4.99 Å². The van der Waals surface area contributed by atoms with Crippen molar-refractivity contribution in [1.82, 2.24) is 20.1 Å². The van der Waals surface area contributed by atoms with E-state index < -0.39 is 0 Å². The fourth-order valence-corrected chi connectivity index (χ4v) is 2.32. The quantitative estimate of drug-likeness (QED) is 0.538. The molecule has 0 atom stereocenters. The molecule has 2 rings (SSSR count). The van der Waals surface area contributed by atoms with Gasteiger partial charge in [0, 0.05) is 45.6 Å². The van der Waals surface area contributed by atoms with Crippen molar-refractivity contribution < 1.29 is 4.74 Å². The van der Waals surface area contributed by atoms with Crippen LogP contribution in [0.1, 0.15) is 5.56 Å². The van der Waals surface area contributed by atoms with Gasteiger partial charge >= 0.3 is 0 Å². The number of hydrogen-bond acceptors (Lipinski definition) is 3. The van der Waals surface area contributed by atoms with Crippen molar-refractivity contribution in [1.29, 1.82) is 0 Å². The number of benzene rings is 1. The predicted octanol–water partition coefficient (Wildman–Crippen LogP) is 1.79. The predicted molar refractivity (Wildman–Crippen MR) is 103 cm³/mol. The van der Waals surface area contributed by atoms with Crippen LogP contribution in [0.25, 0.3) is 0 Å². The molecule has 2 N–H and O–H groups in total. The first-order valence-electron chi connectivity index (χ1n) is 8.59. The van der Waals surface area contributed by atoms with Gasteiger partial charge in [-0.25, -0.2) is 0 Å². The van der Waals surface area contributed by atoms with Crippen molar-refractivity contribution in [3.8, 4) is 5.75 Å². The highest BCUT2D eigenvalue weighted by Gasteiger charge is 2.01. The summed E-state index contributed by atoms with van der Waals surface area (Å²) in [4.78, 5) is 6.37. The summed E-state index contributed by atoms with van der Waals surface area (Å²) in [7, 11) is 5.86. The Hall–Kier alpha value is -2.47. The van der Waals surface area contributed by atoms with Crippen LogP contribution in [0, 0.1) is 0 Å². The number of aliphatic imine (C=N–C) groups is 1. The zero-order chi connectivity index (χ0) is 17.9. The Labute approximate surface area is 150 Å². The van der Waals surface area contributed by atoms with Crippen LogP contribution in [0.4, 0.5) is 0 Å². The first kappa shape index (κ1) is 18.9. The molecule has 6 nitrogen and oxygen atoms in total. The molecule has 0 radical (unpaired) electrons. The Morgan fingerprint density at radius 1 is 1.16 bits per heavy atom. The van der Waals surface area contributed by atoms with E-state index in [1.807, 2.05) is 38.4 Å². The van der Waals surface area contributed by atoms with Crippen LogP contribution in [-0.4, -0.2) is 56.3 Å². The molecule has 0 aliphatic carbocycles. The van der Waals surface area contributed by atoms with Crippen LogP contribution >= 0.6 is 0 Å². The van der Waals surface area contributed by atoms with Crippen molar-refractivity contribution >= 4 is 5.96 Å². The molecule has 0 unspecified atom stereocenters. The minimum Gasteiger partial charge on any atom is -0.492 e. The van der Waals surface area contributed by atoms with Crippen molar-refractivity contribution in [2.24, 2.45) is 4.99 Å². The molecule has 0 spiro atoms. The van der Waals surface area contributed by atoms with Crippen LogP contribution < -0.4 is 15.4 Å². The fourth-order valence-electron chi connectivity index (χ4n) is 2.32. The standard InChI is InChI=1S/C19H29N5O/c1-20-19(21-9-12-24-10-4-5-11-24)22-16-17-7-6-8-18(15-17)25-14-13-23(2)3/h4-8,10-11,15H,9,12-14,16H2,1-3H3,(H2,20,21,22). The number of hydrogen-bond donors (Lipinski definition) is 2. The second-order valence-electron chi connectivity index (χ2n) is 6.07. The molecular formula is C19H29N5O. The molecule has 1 heterocycles. The largest absolute Gasteiger partial charge is 0.492 e. The molecular weight excluding hydrogens is 314 g/mol. The van der Waals surface area contributed by atoms with Gasteiger partial charge < -0.3 is 24.8 Å². The van der Waals surface area contributed by atoms with Crippen LogP contribution in [0.3, 0.4) is 0 Å². The van der Waals surface area contributed by atoms with Gasteiger partial charge in [-0.1, -0.05) is 12.1 Å². The molecule has 2 aromatic rings. The first-order chi connectivity index (χ1) is 12.2. The molecule has 6 heteroatoms. The molecule has 0 saturated heterocycles. The number of guanidine groups is 1. The number of nitrogens with one attached hydrogen (secondary N) is 2. The normalized spacial score (nSPS) is 11.6. The van der Waals surface area contributed by atoms with Crippen molar-refractivity contribution in [3.63, 3.8) is 0 Å². The molecule has 0 aliphatic heterocycles. The minimum absolute atomic E-state index is 0.687. The highest BCUT2D eigenvalue weighted by atomic mass is 16.5. The number of likely N-dealkylation sites (N-methyl/N-ethyl adjacent to an activating group) is 1. The van der Waals surface area contributed by atoms with Crippen molar-refractivity contribution in [2.75, 3.05) is 40.8 Å². The van der Waals surface area contributed by atoms with Crippen LogP contribution in [0.15, 0.2) is 53.8 Å². The SMILES string of the molecule is CN=C(NCCn1cccc1)NCc1cccc(OCCN(C)C)c1. The third kappa shape index (κ3) is 7.30. The molecule has 0 saturated carbocycles. The van der Waals surface area contributed by atoms with E-state index in [1.54, 1.807) is 7.05 Å². The molecule has 0 bridgehead atoms. The zero-order valence-electron chi connectivity index (χ0n) is 15.4. The summed E-state index contributed by atoms with van der Waals surface area (Å²) in [5.41, 5.74) is 1.16. The first-order valence-corrected chi connectivity index (χ1v) is 8.59. The van der Waals surface area contributed by atoms with Crippen LogP contribution in [-0.2, 0) is 13.1 Å². The maximum Gasteiger partial charge on any atom is 0.191 e. The highest BCUT2D eigenvalue weighted by molar-refractivity contribution is 5.79. The summed E-state index contributed by atoms with van der Waals surface area (Å²) >= 11 is 0. The van der Waals surface area contributed by atoms with Crippen molar-refractivity contribution in [2.45, 2.75) is 13.1 Å².